The summed E-state index contributed by atoms with van der Waals surface area (Å²) in [4.78, 5) is 11.5. The molecular formula is C13H17NO2. The lowest BCUT2D eigenvalue weighted by atomic mass is 10.1. The number of rotatable bonds is 6. The van der Waals surface area contributed by atoms with E-state index in [1.807, 2.05) is 30.3 Å². The Kier molecular flexibility index (Phi) is 5.29. The van der Waals surface area contributed by atoms with E-state index in [9.17, 15) is 4.79 Å². The standard InChI is InChI=1S/C13H17NO2/c1-2-12(11-7-4-3-5-8-11)14-13(16)9-6-10-15/h2-5,7-8,12,15H,1,6,9-10H2,(H,14,16). The molecule has 0 aliphatic carbocycles. The van der Waals surface area contributed by atoms with Crippen molar-refractivity contribution in [1.29, 1.82) is 0 Å². The van der Waals surface area contributed by atoms with E-state index in [0.717, 1.165) is 5.56 Å². The van der Waals surface area contributed by atoms with Gasteiger partial charge in [0.1, 0.15) is 0 Å². The maximum atomic E-state index is 11.5. The summed E-state index contributed by atoms with van der Waals surface area (Å²) in [7, 11) is 0. The molecule has 0 aliphatic rings. The van der Waals surface area contributed by atoms with Crippen LogP contribution in [0.2, 0.25) is 0 Å². The molecule has 16 heavy (non-hydrogen) atoms. The first-order chi connectivity index (χ1) is 7.77. The Bertz CT molecular complexity index is 335. The van der Waals surface area contributed by atoms with Gasteiger partial charge in [0, 0.05) is 13.0 Å². The largest absolute Gasteiger partial charge is 0.396 e. The van der Waals surface area contributed by atoms with Crippen LogP contribution < -0.4 is 5.32 Å². The van der Waals surface area contributed by atoms with Crippen LogP contribution in [-0.4, -0.2) is 17.6 Å². The third kappa shape index (κ3) is 3.87. The summed E-state index contributed by atoms with van der Waals surface area (Å²) in [5, 5.41) is 11.5. The Hall–Kier alpha value is -1.61. The Labute approximate surface area is 95.8 Å². The summed E-state index contributed by atoms with van der Waals surface area (Å²) in [5.74, 6) is -0.0668. The topological polar surface area (TPSA) is 49.3 Å². The molecule has 86 valence electrons. The lowest BCUT2D eigenvalue weighted by Gasteiger charge is -2.14. The number of carbonyl (C=O) groups excluding carboxylic acids is 1. The highest BCUT2D eigenvalue weighted by Crippen LogP contribution is 2.13. The molecule has 1 aromatic rings. The van der Waals surface area contributed by atoms with Crippen LogP contribution in [0.5, 0.6) is 0 Å². The molecule has 1 amide bonds. The highest BCUT2D eigenvalue weighted by molar-refractivity contribution is 5.76. The highest BCUT2D eigenvalue weighted by atomic mass is 16.3. The summed E-state index contributed by atoms with van der Waals surface area (Å²) in [5.41, 5.74) is 1.01. The molecule has 0 fully saturated rings. The van der Waals surface area contributed by atoms with Crippen molar-refractivity contribution in [3.63, 3.8) is 0 Å². The summed E-state index contributed by atoms with van der Waals surface area (Å²) >= 11 is 0. The van der Waals surface area contributed by atoms with E-state index in [0.29, 0.717) is 12.8 Å². The van der Waals surface area contributed by atoms with E-state index >= 15 is 0 Å². The summed E-state index contributed by atoms with van der Waals surface area (Å²) in [6.45, 7) is 3.75. The molecule has 0 bridgehead atoms. The first-order valence-electron chi connectivity index (χ1n) is 5.35. The Morgan fingerprint density at radius 1 is 1.44 bits per heavy atom. The second-order valence-corrected chi connectivity index (χ2v) is 3.52. The monoisotopic (exact) mass is 219 g/mol. The summed E-state index contributed by atoms with van der Waals surface area (Å²) in [6, 6.07) is 9.50. The number of benzene rings is 1. The molecule has 1 unspecified atom stereocenters. The molecule has 3 heteroatoms. The van der Waals surface area contributed by atoms with Gasteiger partial charge in [-0.3, -0.25) is 4.79 Å². The molecule has 1 aromatic carbocycles. The second kappa shape index (κ2) is 6.80. The van der Waals surface area contributed by atoms with Gasteiger partial charge in [-0.1, -0.05) is 36.4 Å². The fourth-order valence-corrected chi connectivity index (χ4v) is 1.42. The van der Waals surface area contributed by atoms with Gasteiger partial charge in [-0.25, -0.2) is 0 Å². The van der Waals surface area contributed by atoms with Crippen molar-refractivity contribution < 1.29 is 9.90 Å². The van der Waals surface area contributed by atoms with Gasteiger partial charge in [0.05, 0.1) is 6.04 Å². The van der Waals surface area contributed by atoms with Gasteiger partial charge >= 0.3 is 0 Å². The minimum atomic E-state index is -0.160. The minimum Gasteiger partial charge on any atom is -0.396 e. The van der Waals surface area contributed by atoms with E-state index in [4.69, 9.17) is 5.11 Å². The zero-order chi connectivity index (χ0) is 11.8. The first-order valence-corrected chi connectivity index (χ1v) is 5.35. The molecular weight excluding hydrogens is 202 g/mol. The molecule has 0 aromatic heterocycles. The SMILES string of the molecule is C=CC(NC(=O)CCCO)c1ccccc1. The Morgan fingerprint density at radius 2 is 2.12 bits per heavy atom. The normalized spacial score (nSPS) is 11.8. The quantitative estimate of drug-likeness (QED) is 0.717. The highest BCUT2D eigenvalue weighted by Gasteiger charge is 2.09. The fourth-order valence-electron chi connectivity index (χ4n) is 1.42. The number of nitrogens with one attached hydrogen (secondary N) is 1. The van der Waals surface area contributed by atoms with Crippen LogP contribution >= 0.6 is 0 Å². The fraction of sp³-hybridized carbons (Fsp3) is 0.308. The molecule has 2 N–H and O–H groups in total. The van der Waals surface area contributed by atoms with Gasteiger partial charge in [0.25, 0.3) is 0 Å². The van der Waals surface area contributed by atoms with Gasteiger partial charge in [0.2, 0.25) is 5.91 Å². The lowest BCUT2D eigenvalue weighted by Crippen LogP contribution is -2.27. The van der Waals surface area contributed by atoms with E-state index in [1.54, 1.807) is 6.08 Å². The second-order valence-electron chi connectivity index (χ2n) is 3.52. The molecule has 1 rings (SSSR count). The zero-order valence-electron chi connectivity index (χ0n) is 9.23. The number of aliphatic hydroxyl groups excluding tert-OH is 1. The van der Waals surface area contributed by atoms with Crippen molar-refractivity contribution in [2.75, 3.05) is 6.61 Å². The minimum absolute atomic E-state index is 0.0392. The van der Waals surface area contributed by atoms with Crippen molar-refractivity contribution in [1.82, 2.24) is 5.32 Å². The zero-order valence-corrected chi connectivity index (χ0v) is 9.23. The van der Waals surface area contributed by atoms with Crippen LogP contribution in [0.4, 0.5) is 0 Å². The smallest absolute Gasteiger partial charge is 0.220 e. The molecule has 0 spiro atoms. The van der Waals surface area contributed by atoms with Crippen molar-refractivity contribution in [3.05, 3.63) is 48.6 Å². The molecule has 0 radical (unpaired) electrons. The molecule has 0 heterocycles. The van der Waals surface area contributed by atoms with Gasteiger partial charge in [-0.05, 0) is 12.0 Å². The van der Waals surface area contributed by atoms with Crippen LogP contribution in [0.15, 0.2) is 43.0 Å². The first kappa shape index (κ1) is 12.5. The lowest BCUT2D eigenvalue weighted by molar-refractivity contribution is -0.121. The van der Waals surface area contributed by atoms with Crippen LogP contribution in [0, 0.1) is 0 Å². The van der Waals surface area contributed by atoms with Crippen LogP contribution in [0.1, 0.15) is 24.4 Å². The van der Waals surface area contributed by atoms with E-state index in [1.165, 1.54) is 0 Å². The van der Waals surface area contributed by atoms with Crippen LogP contribution in [-0.2, 0) is 4.79 Å². The predicted molar refractivity (Wildman–Crippen MR) is 63.8 cm³/mol. The number of amides is 1. The van der Waals surface area contributed by atoms with Crippen molar-refractivity contribution in [2.45, 2.75) is 18.9 Å². The third-order valence-corrected chi connectivity index (χ3v) is 2.27. The van der Waals surface area contributed by atoms with Crippen LogP contribution in [0.3, 0.4) is 0 Å². The number of hydrogen-bond donors (Lipinski definition) is 2. The average Bonchev–Trinajstić information content (AvgIpc) is 2.34. The summed E-state index contributed by atoms with van der Waals surface area (Å²) in [6.07, 6.45) is 2.53. The molecule has 0 saturated carbocycles. The number of aliphatic hydroxyl groups is 1. The molecule has 3 nitrogen and oxygen atoms in total. The van der Waals surface area contributed by atoms with Gasteiger partial charge in [0.15, 0.2) is 0 Å². The maximum Gasteiger partial charge on any atom is 0.220 e. The Balaban J connectivity index is 2.56. The maximum absolute atomic E-state index is 11.5. The predicted octanol–water partition coefficient (Wildman–Crippen LogP) is 1.80. The summed E-state index contributed by atoms with van der Waals surface area (Å²) < 4.78 is 0. The van der Waals surface area contributed by atoms with E-state index < -0.39 is 0 Å². The van der Waals surface area contributed by atoms with E-state index in [-0.39, 0.29) is 18.6 Å². The molecule has 1 atom stereocenters. The van der Waals surface area contributed by atoms with Crippen molar-refractivity contribution >= 4 is 5.91 Å². The van der Waals surface area contributed by atoms with E-state index in [2.05, 4.69) is 11.9 Å². The van der Waals surface area contributed by atoms with Crippen molar-refractivity contribution in [2.24, 2.45) is 0 Å². The number of hydrogen-bond acceptors (Lipinski definition) is 2. The molecule has 0 aliphatic heterocycles. The van der Waals surface area contributed by atoms with Crippen LogP contribution in [0.25, 0.3) is 0 Å². The third-order valence-electron chi connectivity index (χ3n) is 2.27. The molecule has 0 saturated heterocycles. The van der Waals surface area contributed by atoms with Gasteiger partial charge in [-0.2, -0.15) is 0 Å². The number of carbonyl (C=O) groups is 1. The van der Waals surface area contributed by atoms with Gasteiger partial charge < -0.3 is 10.4 Å². The Morgan fingerprint density at radius 3 is 2.69 bits per heavy atom. The van der Waals surface area contributed by atoms with Crippen molar-refractivity contribution in [3.8, 4) is 0 Å². The average molecular weight is 219 g/mol. The van der Waals surface area contributed by atoms with Gasteiger partial charge in [-0.15, -0.1) is 6.58 Å².